The fraction of sp³-hybridized carbons (Fsp3) is 0.100. The summed E-state index contributed by atoms with van der Waals surface area (Å²) in [5.74, 6) is 1.24. The smallest absolute Gasteiger partial charge is 0.386 e. The summed E-state index contributed by atoms with van der Waals surface area (Å²) >= 11 is 0. The number of hydrogen-bond donors (Lipinski definition) is 0. The van der Waals surface area contributed by atoms with Gasteiger partial charge < -0.3 is 13.6 Å². The SMILES string of the molecule is Cc1ccc(OP(=O)(Oc2ccccc2)Oc2ccc(C)cc2)cc1. The molecule has 3 aromatic rings. The van der Waals surface area contributed by atoms with E-state index >= 15 is 0 Å². The van der Waals surface area contributed by atoms with Crippen LogP contribution in [0.2, 0.25) is 0 Å². The lowest BCUT2D eigenvalue weighted by molar-refractivity contribution is 0.298. The summed E-state index contributed by atoms with van der Waals surface area (Å²) in [6.45, 7) is 3.93. The maximum atomic E-state index is 13.2. The molecule has 3 aromatic carbocycles. The van der Waals surface area contributed by atoms with E-state index in [9.17, 15) is 4.57 Å². The molecule has 0 heterocycles. The fourth-order valence-electron chi connectivity index (χ4n) is 2.12. The normalized spacial score (nSPS) is 11.0. The van der Waals surface area contributed by atoms with Crippen molar-refractivity contribution >= 4 is 7.82 Å². The number of benzene rings is 3. The van der Waals surface area contributed by atoms with Gasteiger partial charge in [-0.05, 0) is 50.2 Å². The van der Waals surface area contributed by atoms with Gasteiger partial charge in [-0.1, -0.05) is 53.6 Å². The van der Waals surface area contributed by atoms with E-state index in [0.717, 1.165) is 11.1 Å². The predicted octanol–water partition coefficient (Wildman–Crippen LogP) is 5.95. The van der Waals surface area contributed by atoms with Crippen LogP contribution in [0.1, 0.15) is 11.1 Å². The Hall–Kier alpha value is -2.71. The Labute approximate surface area is 147 Å². The summed E-state index contributed by atoms with van der Waals surface area (Å²) < 4.78 is 30.0. The van der Waals surface area contributed by atoms with Crippen LogP contribution in [0, 0.1) is 13.8 Å². The second kappa shape index (κ2) is 7.45. The van der Waals surface area contributed by atoms with Gasteiger partial charge in [-0.2, -0.15) is 4.57 Å². The molecule has 0 saturated carbocycles. The van der Waals surface area contributed by atoms with Crippen molar-refractivity contribution in [2.45, 2.75) is 13.8 Å². The standard InChI is InChI=1S/C20H19O4P/c1-16-8-12-19(13-9-16)23-25(21,22-18-6-4-3-5-7-18)24-20-14-10-17(2)11-15-20/h3-15H,1-2H3. The Morgan fingerprint density at radius 2 is 0.920 bits per heavy atom. The highest BCUT2D eigenvalue weighted by atomic mass is 31.2. The average molecular weight is 354 g/mol. The van der Waals surface area contributed by atoms with E-state index < -0.39 is 7.82 Å². The van der Waals surface area contributed by atoms with Crippen LogP contribution in [-0.2, 0) is 4.57 Å². The average Bonchev–Trinajstić information content (AvgIpc) is 2.60. The molecule has 0 aliphatic rings. The molecule has 0 N–H and O–H groups in total. The Morgan fingerprint density at radius 1 is 0.560 bits per heavy atom. The number of para-hydroxylation sites is 1. The molecule has 0 fully saturated rings. The molecule has 0 unspecified atom stereocenters. The van der Waals surface area contributed by atoms with Crippen LogP contribution >= 0.6 is 7.82 Å². The van der Waals surface area contributed by atoms with Crippen LogP contribution < -0.4 is 13.6 Å². The topological polar surface area (TPSA) is 44.8 Å². The fourth-order valence-corrected chi connectivity index (χ4v) is 3.37. The van der Waals surface area contributed by atoms with Crippen molar-refractivity contribution in [3.8, 4) is 17.2 Å². The van der Waals surface area contributed by atoms with Crippen molar-refractivity contribution in [2.75, 3.05) is 0 Å². The molecule has 3 rings (SSSR count). The van der Waals surface area contributed by atoms with Gasteiger partial charge in [0.2, 0.25) is 0 Å². The first-order valence-electron chi connectivity index (χ1n) is 7.90. The third-order valence-corrected chi connectivity index (χ3v) is 4.74. The van der Waals surface area contributed by atoms with Crippen molar-refractivity contribution in [3.63, 3.8) is 0 Å². The minimum absolute atomic E-state index is 0.407. The summed E-state index contributed by atoms with van der Waals surface area (Å²) in [7, 11) is -3.92. The van der Waals surface area contributed by atoms with E-state index in [0.29, 0.717) is 17.2 Å². The van der Waals surface area contributed by atoms with Gasteiger partial charge >= 0.3 is 7.82 Å². The maximum absolute atomic E-state index is 13.2. The Balaban J connectivity index is 1.87. The van der Waals surface area contributed by atoms with Crippen molar-refractivity contribution in [2.24, 2.45) is 0 Å². The molecule has 0 atom stereocenters. The number of hydrogen-bond acceptors (Lipinski definition) is 4. The second-order valence-corrected chi connectivity index (χ2v) is 7.10. The molecule has 4 nitrogen and oxygen atoms in total. The van der Waals surface area contributed by atoms with Crippen LogP contribution in [0.25, 0.3) is 0 Å². The minimum atomic E-state index is -3.92. The van der Waals surface area contributed by atoms with Crippen LogP contribution in [0.3, 0.4) is 0 Å². The summed E-state index contributed by atoms with van der Waals surface area (Å²) in [5.41, 5.74) is 2.15. The number of phosphoric ester groups is 1. The Morgan fingerprint density at radius 3 is 1.32 bits per heavy atom. The molecule has 0 saturated heterocycles. The van der Waals surface area contributed by atoms with Crippen LogP contribution in [0.4, 0.5) is 0 Å². The Bertz CT molecular complexity index is 807. The largest absolute Gasteiger partial charge is 0.647 e. The molecule has 0 radical (unpaired) electrons. The van der Waals surface area contributed by atoms with Gasteiger partial charge in [0, 0.05) is 0 Å². The van der Waals surface area contributed by atoms with Gasteiger partial charge in [-0.25, -0.2) is 0 Å². The first-order chi connectivity index (χ1) is 12.0. The van der Waals surface area contributed by atoms with Gasteiger partial charge in [0.15, 0.2) is 0 Å². The van der Waals surface area contributed by atoms with E-state index in [1.807, 2.05) is 44.2 Å². The first-order valence-corrected chi connectivity index (χ1v) is 9.36. The van der Waals surface area contributed by atoms with E-state index in [-0.39, 0.29) is 0 Å². The van der Waals surface area contributed by atoms with Gasteiger partial charge in [0.1, 0.15) is 17.2 Å². The molecule has 0 bridgehead atoms. The van der Waals surface area contributed by atoms with Crippen LogP contribution in [0.5, 0.6) is 17.2 Å². The van der Waals surface area contributed by atoms with E-state index in [1.165, 1.54) is 0 Å². The molecule has 5 heteroatoms. The highest BCUT2D eigenvalue weighted by Gasteiger charge is 2.33. The molecular formula is C20H19O4P. The third-order valence-electron chi connectivity index (χ3n) is 3.44. The monoisotopic (exact) mass is 354 g/mol. The number of rotatable bonds is 6. The van der Waals surface area contributed by atoms with Crippen molar-refractivity contribution in [1.82, 2.24) is 0 Å². The lowest BCUT2D eigenvalue weighted by Gasteiger charge is -2.19. The van der Waals surface area contributed by atoms with E-state index in [2.05, 4.69) is 0 Å². The van der Waals surface area contributed by atoms with Gasteiger partial charge in [0.05, 0.1) is 0 Å². The van der Waals surface area contributed by atoms with E-state index in [1.54, 1.807) is 48.5 Å². The molecule has 128 valence electrons. The summed E-state index contributed by atoms with van der Waals surface area (Å²) in [6, 6.07) is 23.2. The van der Waals surface area contributed by atoms with Crippen molar-refractivity contribution < 1.29 is 18.1 Å². The second-order valence-electron chi connectivity index (χ2n) is 5.66. The summed E-state index contributed by atoms with van der Waals surface area (Å²) in [4.78, 5) is 0. The first kappa shape index (κ1) is 17.1. The molecule has 0 amide bonds. The zero-order chi connectivity index (χ0) is 17.7. The van der Waals surface area contributed by atoms with Crippen molar-refractivity contribution in [3.05, 3.63) is 90.0 Å². The molecule has 25 heavy (non-hydrogen) atoms. The van der Waals surface area contributed by atoms with Gasteiger partial charge in [-0.15, -0.1) is 0 Å². The number of aryl methyl sites for hydroxylation is 2. The lowest BCUT2D eigenvalue weighted by Crippen LogP contribution is -2.07. The van der Waals surface area contributed by atoms with Crippen LogP contribution in [0.15, 0.2) is 78.9 Å². The number of phosphoric acid groups is 1. The molecule has 0 spiro atoms. The zero-order valence-electron chi connectivity index (χ0n) is 14.1. The molecular weight excluding hydrogens is 335 g/mol. The van der Waals surface area contributed by atoms with Gasteiger partial charge in [-0.3, -0.25) is 0 Å². The molecule has 0 aromatic heterocycles. The highest BCUT2D eigenvalue weighted by Crippen LogP contribution is 2.49. The molecule has 0 aliphatic carbocycles. The summed E-state index contributed by atoms with van der Waals surface area (Å²) in [5, 5.41) is 0. The van der Waals surface area contributed by atoms with Crippen LogP contribution in [-0.4, -0.2) is 0 Å². The van der Waals surface area contributed by atoms with Gasteiger partial charge in [0.25, 0.3) is 0 Å². The maximum Gasteiger partial charge on any atom is 0.647 e. The zero-order valence-corrected chi connectivity index (χ0v) is 15.0. The molecule has 0 aliphatic heterocycles. The Kier molecular flexibility index (Phi) is 5.11. The quantitative estimate of drug-likeness (QED) is 0.513. The minimum Gasteiger partial charge on any atom is -0.386 e. The van der Waals surface area contributed by atoms with E-state index in [4.69, 9.17) is 13.6 Å². The third kappa shape index (κ3) is 4.88. The lowest BCUT2D eigenvalue weighted by atomic mass is 10.2. The highest BCUT2D eigenvalue weighted by molar-refractivity contribution is 7.49. The summed E-state index contributed by atoms with van der Waals surface area (Å²) in [6.07, 6.45) is 0. The predicted molar refractivity (Wildman–Crippen MR) is 98.3 cm³/mol. The van der Waals surface area contributed by atoms with Crippen molar-refractivity contribution in [1.29, 1.82) is 0 Å².